The Bertz CT molecular complexity index is 993. The molecule has 3 rings (SSSR count). The summed E-state index contributed by atoms with van der Waals surface area (Å²) in [5.74, 6) is 0.831. The number of hydrogen-bond donors (Lipinski definition) is 0. The largest absolute Gasteiger partial charge is 0.497 e. The number of benzene rings is 2. The van der Waals surface area contributed by atoms with Crippen LogP contribution < -0.4 is 4.74 Å². The van der Waals surface area contributed by atoms with Gasteiger partial charge >= 0.3 is 0 Å². The van der Waals surface area contributed by atoms with Crippen LogP contribution in [0.5, 0.6) is 5.75 Å². The molecule has 0 spiro atoms. The molecular weight excluding hydrogens is 332 g/mol. The van der Waals surface area contributed by atoms with Crippen molar-refractivity contribution in [1.29, 1.82) is 5.26 Å². The molecule has 0 amide bonds. The molecule has 1 aromatic heterocycles. The number of Topliss-reactive ketones (excluding diaryl/α,β-unsaturated/α-hetero) is 1. The molecular formula is C20H16N2O2S. The van der Waals surface area contributed by atoms with E-state index in [1.165, 1.54) is 11.8 Å². The van der Waals surface area contributed by atoms with Crippen LogP contribution in [0.4, 0.5) is 0 Å². The van der Waals surface area contributed by atoms with Crippen molar-refractivity contribution < 1.29 is 9.53 Å². The Hall–Kier alpha value is -2.84. The average molecular weight is 348 g/mol. The average Bonchev–Trinajstić information content (AvgIpc) is 2.65. The number of carbonyl (C=O) groups is 1. The van der Waals surface area contributed by atoms with E-state index in [-0.39, 0.29) is 11.5 Å². The van der Waals surface area contributed by atoms with Crippen LogP contribution >= 0.6 is 11.8 Å². The topological polar surface area (TPSA) is 63.0 Å². The first kappa shape index (κ1) is 17.0. The van der Waals surface area contributed by atoms with Crippen LogP contribution in [-0.2, 0) is 0 Å². The van der Waals surface area contributed by atoms with E-state index < -0.39 is 0 Å². The van der Waals surface area contributed by atoms with Gasteiger partial charge in [-0.15, -0.1) is 0 Å². The molecule has 25 heavy (non-hydrogen) atoms. The molecule has 124 valence electrons. The maximum atomic E-state index is 12.4. The van der Waals surface area contributed by atoms with E-state index in [1.807, 2.05) is 31.2 Å². The molecule has 0 bridgehead atoms. The smallest absolute Gasteiger partial charge is 0.173 e. The van der Waals surface area contributed by atoms with Crippen LogP contribution in [0.3, 0.4) is 0 Å². The zero-order valence-corrected chi connectivity index (χ0v) is 14.8. The first-order chi connectivity index (χ1) is 12.1. The number of pyridine rings is 1. The summed E-state index contributed by atoms with van der Waals surface area (Å²) < 4.78 is 5.15. The van der Waals surface area contributed by atoms with Gasteiger partial charge in [0.1, 0.15) is 16.8 Å². The number of nitriles is 1. The van der Waals surface area contributed by atoms with E-state index in [2.05, 4.69) is 11.1 Å². The standard InChI is InChI=1S/C20H16N2O2S/c1-13-6-7-18-15(8-13)9-16(11-21)20(22-18)25-12-19(23)14-4-3-5-17(10-14)24-2/h3-10H,12H2,1-2H3. The molecule has 0 saturated carbocycles. The van der Waals surface area contributed by atoms with E-state index >= 15 is 0 Å². The van der Waals surface area contributed by atoms with Crippen LogP contribution in [0.25, 0.3) is 10.9 Å². The Morgan fingerprint density at radius 1 is 1.24 bits per heavy atom. The number of ketones is 1. The highest BCUT2D eigenvalue weighted by Gasteiger charge is 2.12. The summed E-state index contributed by atoms with van der Waals surface area (Å²) in [7, 11) is 1.57. The van der Waals surface area contributed by atoms with Crippen molar-refractivity contribution in [2.45, 2.75) is 11.9 Å². The van der Waals surface area contributed by atoms with Gasteiger partial charge in [0, 0.05) is 10.9 Å². The molecule has 0 aliphatic heterocycles. The fourth-order valence-electron chi connectivity index (χ4n) is 2.48. The summed E-state index contributed by atoms with van der Waals surface area (Å²) in [6.45, 7) is 2.00. The van der Waals surface area contributed by atoms with E-state index in [9.17, 15) is 10.1 Å². The Morgan fingerprint density at radius 2 is 2.08 bits per heavy atom. The Kier molecular flexibility index (Phi) is 5.01. The first-order valence-electron chi connectivity index (χ1n) is 7.72. The molecule has 0 aliphatic carbocycles. The molecule has 0 radical (unpaired) electrons. The second-order valence-corrected chi connectivity index (χ2v) is 6.56. The van der Waals surface area contributed by atoms with Gasteiger partial charge in [-0.1, -0.05) is 35.5 Å². The van der Waals surface area contributed by atoms with Gasteiger partial charge in [-0.2, -0.15) is 5.26 Å². The molecule has 0 N–H and O–H groups in total. The summed E-state index contributed by atoms with van der Waals surface area (Å²) in [6, 6.07) is 17.0. The number of ether oxygens (including phenoxy) is 1. The van der Waals surface area contributed by atoms with E-state index in [4.69, 9.17) is 4.74 Å². The quantitative estimate of drug-likeness (QED) is 0.505. The molecule has 0 atom stereocenters. The molecule has 0 aliphatic rings. The molecule has 4 nitrogen and oxygen atoms in total. The summed E-state index contributed by atoms with van der Waals surface area (Å²) >= 11 is 1.28. The fraction of sp³-hybridized carbons (Fsp3) is 0.150. The third-order valence-corrected chi connectivity index (χ3v) is 4.78. The molecule has 0 saturated heterocycles. The number of aryl methyl sites for hydroxylation is 1. The van der Waals surface area contributed by atoms with Crippen LogP contribution in [0, 0.1) is 18.3 Å². The highest BCUT2D eigenvalue weighted by atomic mass is 32.2. The van der Waals surface area contributed by atoms with E-state index in [0.29, 0.717) is 21.9 Å². The van der Waals surface area contributed by atoms with Gasteiger partial charge in [0.15, 0.2) is 5.78 Å². The van der Waals surface area contributed by atoms with Crippen LogP contribution in [0.15, 0.2) is 53.6 Å². The number of hydrogen-bond acceptors (Lipinski definition) is 5. The minimum atomic E-state index is -0.0291. The summed E-state index contributed by atoms with van der Waals surface area (Å²) in [4.78, 5) is 17.0. The maximum absolute atomic E-state index is 12.4. The highest BCUT2D eigenvalue weighted by molar-refractivity contribution is 8.00. The summed E-state index contributed by atoms with van der Waals surface area (Å²) in [5, 5.41) is 10.9. The number of rotatable bonds is 5. The monoisotopic (exact) mass is 348 g/mol. The third-order valence-electron chi connectivity index (χ3n) is 3.79. The lowest BCUT2D eigenvalue weighted by Gasteiger charge is -2.07. The number of carbonyl (C=O) groups excluding carboxylic acids is 1. The lowest BCUT2D eigenvalue weighted by molar-refractivity contribution is 0.102. The van der Waals surface area contributed by atoms with Crippen molar-refractivity contribution in [2.75, 3.05) is 12.9 Å². The van der Waals surface area contributed by atoms with Gasteiger partial charge < -0.3 is 4.74 Å². The molecule has 1 heterocycles. The minimum Gasteiger partial charge on any atom is -0.497 e. The van der Waals surface area contributed by atoms with Gasteiger partial charge in [-0.25, -0.2) is 4.98 Å². The van der Waals surface area contributed by atoms with E-state index in [0.717, 1.165) is 16.5 Å². The van der Waals surface area contributed by atoms with Crippen molar-refractivity contribution in [2.24, 2.45) is 0 Å². The van der Waals surface area contributed by atoms with E-state index in [1.54, 1.807) is 31.4 Å². The van der Waals surface area contributed by atoms with Gasteiger partial charge in [0.2, 0.25) is 0 Å². The Labute approximate surface area is 150 Å². The summed E-state index contributed by atoms with van der Waals surface area (Å²) in [6.07, 6.45) is 0. The lowest BCUT2D eigenvalue weighted by atomic mass is 10.1. The minimum absolute atomic E-state index is 0.0291. The van der Waals surface area contributed by atoms with Crippen LogP contribution in [0.2, 0.25) is 0 Å². The second-order valence-electron chi connectivity index (χ2n) is 5.59. The van der Waals surface area contributed by atoms with Gasteiger partial charge in [-0.05, 0) is 37.3 Å². The van der Waals surface area contributed by atoms with Crippen LogP contribution in [0.1, 0.15) is 21.5 Å². The molecule has 0 fully saturated rings. The van der Waals surface area contributed by atoms with Crippen molar-refractivity contribution in [3.05, 3.63) is 65.2 Å². The van der Waals surface area contributed by atoms with Gasteiger partial charge in [0.05, 0.1) is 23.9 Å². The maximum Gasteiger partial charge on any atom is 0.173 e. The predicted molar refractivity (Wildman–Crippen MR) is 99.2 cm³/mol. The van der Waals surface area contributed by atoms with Crippen molar-refractivity contribution in [3.8, 4) is 11.8 Å². The normalized spacial score (nSPS) is 10.4. The van der Waals surface area contributed by atoms with Crippen molar-refractivity contribution in [3.63, 3.8) is 0 Å². The third kappa shape index (κ3) is 3.81. The SMILES string of the molecule is COc1cccc(C(=O)CSc2nc3ccc(C)cc3cc2C#N)c1. The molecule has 2 aromatic carbocycles. The fourth-order valence-corrected chi connectivity index (χ4v) is 3.34. The van der Waals surface area contributed by atoms with Gasteiger partial charge in [-0.3, -0.25) is 4.79 Å². The number of thioether (sulfide) groups is 1. The zero-order chi connectivity index (χ0) is 17.8. The lowest BCUT2D eigenvalue weighted by Crippen LogP contribution is -2.03. The molecule has 3 aromatic rings. The van der Waals surface area contributed by atoms with Crippen molar-refractivity contribution >= 4 is 28.4 Å². The molecule has 5 heteroatoms. The molecule has 0 unspecified atom stereocenters. The number of nitrogens with zero attached hydrogens (tertiary/aromatic N) is 2. The number of methoxy groups -OCH3 is 1. The van der Waals surface area contributed by atoms with Crippen molar-refractivity contribution in [1.82, 2.24) is 4.98 Å². The number of aromatic nitrogens is 1. The first-order valence-corrected chi connectivity index (χ1v) is 8.71. The Balaban J connectivity index is 1.83. The predicted octanol–water partition coefficient (Wildman–Crippen LogP) is 4.40. The van der Waals surface area contributed by atoms with Gasteiger partial charge in [0.25, 0.3) is 0 Å². The second kappa shape index (κ2) is 7.37. The van der Waals surface area contributed by atoms with Crippen LogP contribution in [-0.4, -0.2) is 23.6 Å². The number of fused-ring (bicyclic) bond motifs is 1. The summed E-state index contributed by atoms with van der Waals surface area (Å²) in [5.41, 5.74) is 3.01. The Morgan fingerprint density at radius 3 is 2.84 bits per heavy atom. The zero-order valence-electron chi connectivity index (χ0n) is 13.9. The highest BCUT2D eigenvalue weighted by Crippen LogP contribution is 2.26.